The zero-order valence-corrected chi connectivity index (χ0v) is 17.9. The van der Waals surface area contributed by atoms with Gasteiger partial charge in [0.15, 0.2) is 5.69 Å². The molecule has 1 aliphatic rings. The molecule has 3 aromatic rings. The van der Waals surface area contributed by atoms with Crippen molar-refractivity contribution in [1.29, 1.82) is 0 Å². The number of carbonyl (C=O) groups excluding carboxylic acids is 1. The van der Waals surface area contributed by atoms with E-state index in [-0.39, 0.29) is 11.5 Å². The maximum atomic E-state index is 13.5. The molecule has 1 fully saturated rings. The summed E-state index contributed by atoms with van der Waals surface area (Å²) >= 11 is 1.64. The normalized spacial score (nSPS) is 14.8. The van der Waals surface area contributed by atoms with E-state index in [0.29, 0.717) is 29.6 Å². The van der Waals surface area contributed by atoms with Crippen LogP contribution in [-0.4, -0.2) is 64.9 Å². The topological polar surface area (TPSA) is 67.7 Å². The van der Waals surface area contributed by atoms with Gasteiger partial charge in [-0.3, -0.25) is 14.5 Å². The van der Waals surface area contributed by atoms with Crippen molar-refractivity contribution in [2.24, 2.45) is 7.05 Å². The van der Waals surface area contributed by atoms with Crippen molar-refractivity contribution < 1.29 is 9.53 Å². The molecule has 7 nitrogen and oxygen atoms in total. The average Bonchev–Trinajstić information content (AvgIpc) is 3.29. The van der Waals surface area contributed by atoms with E-state index in [1.807, 2.05) is 34.5 Å². The van der Waals surface area contributed by atoms with Crippen LogP contribution in [0.3, 0.4) is 0 Å². The van der Waals surface area contributed by atoms with Gasteiger partial charge >= 0.3 is 0 Å². The number of benzene rings is 1. The third-order valence-electron chi connectivity index (χ3n) is 5.38. The van der Waals surface area contributed by atoms with Crippen LogP contribution in [0.2, 0.25) is 0 Å². The second-order valence-electron chi connectivity index (χ2n) is 7.44. The first-order chi connectivity index (χ1) is 14.6. The molecule has 0 radical (unpaired) electrons. The van der Waals surface area contributed by atoms with Crippen LogP contribution >= 0.6 is 11.3 Å². The maximum Gasteiger partial charge on any atom is 0.275 e. The van der Waals surface area contributed by atoms with E-state index in [0.717, 1.165) is 44.1 Å². The van der Waals surface area contributed by atoms with Crippen LogP contribution in [0.4, 0.5) is 0 Å². The average molecular weight is 427 g/mol. The van der Waals surface area contributed by atoms with Gasteiger partial charge in [0.25, 0.3) is 11.5 Å². The minimum atomic E-state index is -0.195. The first kappa shape index (κ1) is 20.7. The third kappa shape index (κ3) is 4.61. The predicted octanol–water partition coefficient (Wildman–Crippen LogP) is 2.36. The van der Waals surface area contributed by atoms with E-state index in [1.165, 1.54) is 4.68 Å². The van der Waals surface area contributed by atoms with Gasteiger partial charge in [0.2, 0.25) is 0 Å². The number of hydrogen-bond acceptors (Lipinski definition) is 6. The van der Waals surface area contributed by atoms with Gasteiger partial charge in [0.1, 0.15) is 0 Å². The molecule has 0 atom stereocenters. The van der Waals surface area contributed by atoms with Crippen LogP contribution in [0.1, 0.15) is 21.8 Å². The van der Waals surface area contributed by atoms with Gasteiger partial charge in [0.05, 0.1) is 25.1 Å². The standard InChI is InChI=1S/C22H26N4O3S/c1-24-21(27)19-8-3-2-7-18(19)20(23-24)22(28)26(16-17-6-4-15-30-17)10-5-9-25-11-13-29-14-12-25/h2-4,6-8,15H,5,9-14,16H2,1H3. The lowest BCUT2D eigenvalue weighted by molar-refractivity contribution is 0.0355. The number of morpholine rings is 1. The molecular formula is C22H26N4O3S. The summed E-state index contributed by atoms with van der Waals surface area (Å²) in [6.45, 7) is 5.51. The zero-order valence-electron chi connectivity index (χ0n) is 17.1. The molecule has 8 heteroatoms. The van der Waals surface area contributed by atoms with Crippen molar-refractivity contribution in [2.75, 3.05) is 39.4 Å². The van der Waals surface area contributed by atoms with Crippen LogP contribution in [0.25, 0.3) is 10.8 Å². The van der Waals surface area contributed by atoms with Gasteiger partial charge in [-0.25, -0.2) is 4.68 Å². The molecule has 0 bridgehead atoms. The Hall–Kier alpha value is -2.55. The summed E-state index contributed by atoms with van der Waals surface area (Å²) in [5.41, 5.74) is 0.134. The summed E-state index contributed by atoms with van der Waals surface area (Å²) in [7, 11) is 1.59. The first-order valence-corrected chi connectivity index (χ1v) is 11.1. The van der Waals surface area contributed by atoms with E-state index in [1.54, 1.807) is 30.5 Å². The monoisotopic (exact) mass is 426 g/mol. The summed E-state index contributed by atoms with van der Waals surface area (Å²) < 4.78 is 6.67. The number of amides is 1. The van der Waals surface area contributed by atoms with Gasteiger partial charge in [-0.05, 0) is 23.9 Å². The van der Waals surface area contributed by atoms with Crippen LogP contribution in [0.5, 0.6) is 0 Å². The Bertz CT molecular complexity index is 1060. The lowest BCUT2D eigenvalue weighted by Crippen LogP contribution is -2.39. The minimum absolute atomic E-state index is 0.142. The Morgan fingerprint density at radius 3 is 2.67 bits per heavy atom. The van der Waals surface area contributed by atoms with Crippen LogP contribution in [0, 0.1) is 0 Å². The summed E-state index contributed by atoms with van der Waals surface area (Å²) in [5, 5.41) is 7.48. The van der Waals surface area contributed by atoms with Gasteiger partial charge in [-0.15, -0.1) is 11.3 Å². The quantitative estimate of drug-likeness (QED) is 0.580. The molecule has 0 spiro atoms. The number of carbonyl (C=O) groups is 1. The Morgan fingerprint density at radius 1 is 1.17 bits per heavy atom. The highest BCUT2D eigenvalue weighted by molar-refractivity contribution is 7.09. The van der Waals surface area contributed by atoms with Crippen molar-refractivity contribution in [2.45, 2.75) is 13.0 Å². The van der Waals surface area contributed by atoms with Crippen LogP contribution in [-0.2, 0) is 18.3 Å². The molecule has 30 heavy (non-hydrogen) atoms. The Morgan fingerprint density at radius 2 is 1.93 bits per heavy atom. The number of aryl methyl sites for hydroxylation is 1. The smallest absolute Gasteiger partial charge is 0.275 e. The second-order valence-corrected chi connectivity index (χ2v) is 8.47. The fraction of sp³-hybridized carbons (Fsp3) is 0.409. The maximum absolute atomic E-state index is 13.5. The highest BCUT2D eigenvalue weighted by Crippen LogP contribution is 2.19. The predicted molar refractivity (Wildman–Crippen MR) is 118 cm³/mol. The van der Waals surface area contributed by atoms with E-state index in [9.17, 15) is 9.59 Å². The molecule has 0 unspecified atom stereocenters. The number of nitrogens with zero attached hydrogens (tertiary/aromatic N) is 4. The van der Waals surface area contributed by atoms with Gasteiger partial charge in [-0.2, -0.15) is 5.10 Å². The van der Waals surface area contributed by atoms with Crippen LogP contribution in [0.15, 0.2) is 46.6 Å². The molecule has 158 valence electrons. The van der Waals surface area contributed by atoms with Crippen molar-refractivity contribution in [3.8, 4) is 0 Å². The minimum Gasteiger partial charge on any atom is -0.379 e. The lowest BCUT2D eigenvalue weighted by Gasteiger charge is -2.28. The SMILES string of the molecule is Cn1nc(C(=O)N(CCCN2CCOCC2)Cc2cccs2)c2ccccc2c1=O. The first-order valence-electron chi connectivity index (χ1n) is 10.2. The highest BCUT2D eigenvalue weighted by atomic mass is 32.1. The van der Waals surface area contributed by atoms with Crippen molar-refractivity contribution in [3.63, 3.8) is 0 Å². The van der Waals surface area contributed by atoms with Crippen molar-refractivity contribution in [1.82, 2.24) is 19.6 Å². The number of hydrogen-bond donors (Lipinski definition) is 0. The molecule has 0 aliphatic carbocycles. The van der Waals surface area contributed by atoms with Crippen molar-refractivity contribution in [3.05, 3.63) is 62.7 Å². The van der Waals surface area contributed by atoms with Gasteiger partial charge in [0, 0.05) is 43.5 Å². The molecule has 1 amide bonds. The van der Waals surface area contributed by atoms with E-state index < -0.39 is 0 Å². The highest BCUT2D eigenvalue weighted by Gasteiger charge is 2.22. The second kappa shape index (κ2) is 9.51. The number of rotatable bonds is 7. The molecular weight excluding hydrogens is 400 g/mol. The molecule has 4 rings (SSSR count). The fourth-order valence-corrected chi connectivity index (χ4v) is 4.48. The molecule has 2 aromatic heterocycles. The van der Waals surface area contributed by atoms with Gasteiger partial charge in [-0.1, -0.05) is 24.3 Å². The molecule has 1 saturated heterocycles. The largest absolute Gasteiger partial charge is 0.379 e. The third-order valence-corrected chi connectivity index (χ3v) is 6.24. The summed E-state index contributed by atoms with van der Waals surface area (Å²) in [6, 6.07) is 11.2. The lowest BCUT2D eigenvalue weighted by atomic mass is 10.1. The Kier molecular flexibility index (Phi) is 6.56. The number of ether oxygens (including phenoxy) is 1. The summed E-state index contributed by atoms with van der Waals surface area (Å²) in [5.74, 6) is -0.142. The zero-order chi connectivity index (χ0) is 20.9. The van der Waals surface area contributed by atoms with Crippen LogP contribution < -0.4 is 5.56 Å². The molecule has 0 N–H and O–H groups in total. The van der Waals surface area contributed by atoms with E-state index >= 15 is 0 Å². The molecule has 0 saturated carbocycles. The molecule has 3 heterocycles. The van der Waals surface area contributed by atoms with E-state index in [2.05, 4.69) is 10.00 Å². The van der Waals surface area contributed by atoms with Gasteiger partial charge < -0.3 is 9.64 Å². The fourth-order valence-electron chi connectivity index (χ4n) is 3.76. The Labute approximate surface area is 179 Å². The molecule has 1 aromatic carbocycles. The van der Waals surface area contributed by atoms with E-state index in [4.69, 9.17) is 4.74 Å². The molecule has 1 aliphatic heterocycles. The van der Waals surface area contributed by atoms with Crippen molar-refractivity contribution >= 4 is 28.0 Å². The number of fused-ring (bicyclic) bond motifs is 1. The Balaban J connectivity index is 1.58. The number of thiophene rings is 1. The summed E-state index contributed by atoms with van der Waals surface area (Å²) in [6.07, 6.45) is 0.876. The summed E-state index contributed by atoms with van der Waals surface area (Å²) in [4.78, 5) is 31.3. The number of aromatic nitrogens is 2.